The molecule has 9 rings (SSSR count). The Balaban J connectivity index is 0.781. The minimum Gasteiger partial charge on any atom is -0.504 e. The number of hydrogen-bond acceptors (Lipinski definition) is 11. The van der Waals surface area contributed by atoms with Crippen LogP contribution in [0.3, 0.4) is 0 Å². The molecule has 3 aromatic carbocycles. The Morgan fingerprint density at radius 3 is 2.57 bits per heavy atom. The van der Waals surface area contributed by atoms with Crippen LogP contribution in [0.5, 0.6) is 11.5 Å². The normalized spacial score (nSPS) is 22.6. The van der Waals surface area contributed by atoms with Crippen LogP contribution in [0.15, 0.2) is 66.7 Å². The second-order valence-corrected chi connectivity index (χ2v) is 14.4. The van der Waals surface area contributed by atoms with Crippen LogP contribution >= 0.6 is 0 Å². The molecule has 3 N–H and O–H groups in total. The van der Waals surface area contributed by atoms with Gasteiger partial charge in [-0.25, -0.2) is 4.39 Å². The number of benzene rings is 3. The van der Waals surface area contributed by atoms with Crippen LogP contribution < -0.4 is 25.2 Å². The number of carbonyl (C=O) groups excluding carboxylic acids is 3. The van der Waals surface area contributed by atoms with E-state index in [0.717, 1.165) is 61.8 Å². The van der Waals surface area contributed by atoms with Crippen molar-refractivity contribution >= 4 is 34.9 Å². The molecule has 53 heavy (non-hydrogen) atoms. The molecule has 1 aromatic heterocycles. The number of para-hydroxylation sites is 1. The monoisotopic (exact) mass is 718 g/mol. The molecular formula is C39H39FN8O5. The van der Waals surface area contributed by atoms with Crippen LogP contribution in [-0.4, -0.2) is 100 Å². The highest BCUT2D eigenvalue weighted by molar-refractivity contribution is 6.05. The Hall–Kier alpha value is -5.76. The zero-order chi connectivity index (χ0) is 36.2. The molecule has 3 atom stereocenters. The molecule has 6 heterocycles. The van der Waals surface area contributed by atoms with Crippen molar-refractivity contribution in [2.45, 2.75) is 50.5 Å². The van der Waals surface area contributed by atoms with Crippen LogP contribution in [0.25, 0.3) is 11.3 Å². The van der Waals surface area contributed by atoms with Crippen molar-refractivity contribution in [3.05, 3.63) is 89.2 Å². The van der Waals surface area contributed by atoms with Crippen LogP contribution in [0.1, 0.15) is 40.7 Å². The number of hydrogen-bond donors (Lipinski definition) is 3. The topological polar surface area (TPSA) is 143 Å². The zero-order valence-corrected chi connectivity index (χ0v) is 29.0. The number of rotatable bonds is 7. The molecule has 4 aromatic rings. The van der Waals surface area contributed by atoms with Crippen molar-refractivity contribution in [2.24, 2.45) is 0 Å². The third-order valence-corrected chi connectivity index (χ3v) is 11.1. The van der Waals surface area contributed by atoms with Gasteiger partial charge in [0.1, 0.15) is 17.9 Å². The van der Waals surface area contributed by atoms with Gasteiger partial charge in [0.15, 0.2) is 17.4 Å². The second kappa shape index (κ2) is 13.3. The number of phenols is 1. The summed E-state index contributed by atoms with van der Waals surface area (Å²) in [6, 6.07) is 20.1. The number of nitrogens with one attached hydrogen (secondary N) is 2. The lowest BCUT2D eigenvalue weighted by atomic mass is 10.0. The fraction of sp³-hybridized carbons (Fsp3) is 0.359. The van der Waals surface area contributed by atoms with Crippen LogP contribution in [0.4, 0.5) is 21.6 Å². The number of piperidine rings is 1. The van der Waals surface area contributed by atoms with Gasteiger partial charge >= 0.3 is 0 Å². The number of ether oxygens (including phenoxy) is 1. The first-order chi connectivity index (χ1) is 25.8. The van der Waals surface area contributed by atoms with Crippen molar-refractivity contribution in [3.8, 4) is 22.8 Å². The molecule has 5 aliphatic rings. The molecule has 3 fully saturated rings. The third kappa shape index (κ3) is 6.26. The predicted molar refractivity (Wildman–Crippen MR) is 194 cm³/mol. The average Bonchev–Trinajstić information content (AvgIpc) is 3.73. The van der Waals surface area contributed by atoms with E-state index in [0.29, 0.717) is 48.7 Å². The van der Waals surface area contributed by atoms with Crippen molar-refractivity contribution in [1.29, 1.82) is 0 Å². The first-order valence-electron chi connectivity index (χ1n) is 18.1. The summed E-state index contributed by atoms with van der Waals surface area (Å²) in [6.07, 6.45) is 1.40. The van der Waals surface area contributed by atoms with Gasteiger partial charge in [-0.2, -0.15) is 0 Å². The van der Waals surface area contributed by atoms with Crippen molar-refractivity contribution in [2.75, 3.05) is 54.4 Å². The maximum atomic E-state index is 14.0. The highest BCUT2D eigenvalue weighted by Gasteiger charge is 2.40. The molecule has 14 heteroatoms. The Kier molecular flexibility index (Phi) is 8.33. The molecule has 0 bridgehead atoms. The average molecular weight is 719 g/mol. The van der Waals surface area contributed by atoms with Gasteiger partial charge in [0, 0.05) is 75.5 Å². The predicted octanol–water partition coefficient (Wildman–Crippen LogP) is 3.52. The number of aromatic hydroxyl groups is 1. The Labute approximate surface area is 305 Å². The molecule has 13 nitrogen and oxygen atoms in total. The van der Waals surface area contributed by atoms with E-state index in [2.05, 4.69) is 53.7 Å². The van der Waals surface area contributed by atoms with Crippen LogP contribution in [0.2, 0.25) is 0 Å². The second-order valence-electron chi connectivity index (χ2n) is 14.4. The molecule has 5 aliphatic heterocycles. The molecular weight excluding hydrogens is 679 g/mol. The summed E-state index contributed by atoms with van der Waals surface area (Å²) in [6.45, 7) is 6.01. The Bertz CT molecular complexity index is 2110. The lowest BCUT2D eigenvalue weighted by Crippen LogP contribution is -2.52. The van der Waals surface area contributed by atoms with E-state index in [4.69, 9.17) is 4.74 Å². The van der Waals surface area contributed by atoms with E-state index in [1.165, 1.54) is 11.6 Å². The molecule has 0 aliphatic carbocycles. The minimum absolute atomic E-state index is 0.0270. The van der Waals surface area contributed by atoms with Crippen LogP contribution in [0, 0.1) is 5.82 Å². The molecule has 272 valence electrons. The standard InChI is InChI=1S/C39H39FN8O5/c40-31-3-1-2-29(36(31)50)32-18-34-37(44-43-32)41-19-26-16-28(22-47(26)34)53-27-8-4-23(5-9-27)20-45-12-14-46(15-13-45)25-7-6-24-21-48(39(52)30(24)17-25)33-10-11-35(49)42-38(33)51/h1-9,17-18,26,28,33,50H,10-16,19-22H2,(H,41,44)(H,42,49,51)/t26-,28-,33?/m1/s1. The zero-order valence-electron chi connectivity index (χ0n) is 29.0. The van der Waals surface area contributed by atoms with Crippen molar-refractivity contribution < 1.29 is 28.6 Å². The largest absolute Gasteiger partial charge is 0.504 e. The number of aromatic nitrogens is 2. The van der Waals surface area contributed by atoms with Crippen molar-refractivity contribution in [1.82, 2.24) is 25.3 Å². The van der Waals surface area contributed by atoms with E-state index in [9.17, 15) is 23.9 Å². The maximum absolute atomic E-state index is 14.0. The lowest BCUT2D eigenvalue weighted by Gasteiger charge is -2.36. The SMILES string of the molecule is O=C1CCC(N2Cc3ccc(N4CCN(Cc5ccc(O[C@@H]6C[C@@H]7CNc8nnc(-c9cccc(F)c9O)cc8N7C6)cc5)CC4)cc3C2=O)C(=O)N1. The summed E-state index contributed by atoms with van der Waals surface area (Å²) >= 11 is 0. The number of phenolic OH excluding ortho intramolecular Hbond substituents is 1. The highest BCUT2D eigenvalue weighted by Crippen LogP contribution is 2.39. The maximum Gasteiger partial charge on any atom is 0.255 e. The number of imide groups is 1. The van der Waals surface area contributed by atoms with E-state index < -0.39 is 23.5 Å². The molecule has 0 spiro atoms. The van der Waals surface area contributed by atoms with Gasteiger partial charge in [-0.3, -0.25) is 24.6 Å². The number of fused-ring (bicyclic) bond motifs is 4. The smallest absolute Gasteiger partial charge is 0.255 e. The quantitative estimate of drug-likeness (QED) is 0.242. The molecule has 0 radical (unpaired) electrons. The Morgan fingerprint density at radius 2 is 1.75 bits per heavy atom. The third-order valence-electron chi connectivity index (χ3n) is 11.1. The summed E-state index contributed by atoms with van der Waals surface area (Å²) in [5.41, 5.74) is 5.32. The number of anilines is 3. The molecule has 1 unspecified atom stereocenters. The lowest BCUT2D eigenvalue weighted by molar-refractivity contribution is -0.136. The van der Waals surface area contributed by atoms with E-state index in [1.807, 2.05) is 30.3 Å². The van der Waals surface area contributed by atoms with Gasteiger partial charge in [-0.15, -0.1) is 10.2 Å². The van der Waals surface area contributed by atoms with Gasteiger partial charge in [0.25, 0.3) is 5.91 Å². The van der Waals surface area contributed by atoms with Crippen LogP contribution in [-0.2, 0) is 22.7 Å². The molecule has 3 saturated heterocycles. The summed E-state index contributed by atoms with van der Waals surface area (Å²) < 4.78 is 20.5. The summed E-state index contributed by atoms with van der Waals surface area (Å²) in [5.74, 6) is -0.494. The van der Waals surface area contributed by atoms with E-state index >= 15 is 0 Å². The fourth-order valence-corrected chi connectivity index (χ4v) is 8.27. The molecule has 3 amide bonds. The summed E-state index contributed by atoms with van der Waals surface area (Å²) in [7, 11) is 0. The molecule has 0 saturated carbocycles. The van der Waals surface area contributed by atoms with E-state index in [-0.39, 0.29) is 30.4 Å². The van der Waals surface area contributed by atoms with Gasteiger partial charge in [-0.05, 0) is 60.0 Å². The number of amides is 3. The minimum atomic E-state index is -0.699. The number of halogens is 1. The summed E-state index contributed by atoms with van der Waals surface area (Å²) in [4.78, 5) is 45.9. The summed E-state index contributed by atoms with van der Waals surface area (Å²) in [5, 5.41) is 24.6. The van der Waals surface area contributed by atoms with E-state index in [1.54, 1.807) is 17.0 Å². The van der Waals surface area contributed by atoms with Gasteiger partial charge in [0.05, 0.1) is 24.0 Å². The van der Waals surface area contributed by atoms with Gasteiger partial charge < -0.3 is 29.9 Å². The first-order valence-corrected chi connectivity index (χ1v) is 18.1. The highest BCUT2D eigenvalue weighted by atomic mass is 19.1. The number of carbonyl (C=O) groups is 3. The van der Waals surface area contributed by atoms with Gasteiger partial charge in [0.2, 0.25) is 11.8 Å². The Morgan fingerprint density at radius 1 is 0.925 bits per heavy atom. The van der Waals surface area contributed by atoms with Gasteiger partial charge in [-0.1, -0.05) is 24.3 Å². The number of piperazine rings is 1. The number of nitrogens with zero attached hydrogens (tertiary/aromatic N) is 6. The fourth-order valence-electron chi connectivity index (χ4n) is 8.27. The first kappa shape index (κ1) is 33.1. The van der Waals surface area contributed by atoms with Crippen molar-refractivity contribution in [3.63, 3.8) is 0 Å².